The minimum Gasteiger partial charge on any atom is -0.373 e. The van der Waals surface area contributed by atoms with Crippen molar-refractivity contribution < 1.29 is 0 Å². The Morgan fingerprint density at radius 1 is 1.29 bits per heavy atom. The molecule has 0 fully saturated rings. The molecule has 0 saturated carbocycles. The first-order valence-electron chi connectivity index (χ1n) is 5.42. The summed E-state index contributed by atoms with van der Waals surface area (Å²) >= 11 is 0. The van der Waals surface area contributed by atoms with E-state index in [1.54, 1.807) is 0 Å². The first-order chi connectivity index (χ1) is 8.20. The van der Waals surface area contributed by atoms with Crippen molar-refractivity contribution in [3.8, 4) is 0 Å². The second-order valence-corrected chi connectivity index (χ2v) is 3.77. The fraction of sp³-hybridized carbons (Fsp3) is 0.364. The highest BCUT2D eigenvalue weighted by molar-refractivity contribution is 5.46. The number of aromatic nitrogens is 4. The van der Waals surface area contributed by atoms with Gasteiger partial charge in [-0.1, -0.05) is 0 Å². The van der Waals surface area contributed by atoms with Gasteiger partial charge < -0.3 is 10.6 Å². The van der Waals surface area contributed by atoms with Gasteiger partial charge in [0.15, 0.2) is 0 Å². The molecule has 0 unspecified atom stereocenters. The molecule has 2 N–H and O–H groups in total. The van der Waals surface area contributed by atoms with Crippen molar-refractivity contribution in [1.82, 2.24) is 19.7 Å². The Balaban J connectivity index is 2.04. The molecule has 0 aliphatic carbocycles. The summed E-state index contributed by atoms with van der Waals surface area (Å²) in [6, 6.07) is 1.87. The summed E-state index contributed by atoms with van der Waals surface area (Å²) < 4.78 is 1.86. The van der Waals surface area contributed by atoms with Gasteiger partial charge in [-0.25, -0.2) is 9.97 Å². The topological polar surface area (TPSA) is 67.7 Å². The van der Waals surface area contributed by atoms with Crippen LogP contribution in [0.4, 0.5) is 11.6 Å². The lowest BCUT2D eigenvalue weighted by atomic mass is 10.2. The fourth-order valence-electron chi connectivity index (χ4n) is 1.49. The van der Waals surface area contributed by atoms with Crippen LogP contribution >= 0.6 is 0 Å². The molecule has 0 spiro atoms. The van der Waals surface area contributed by atoms with Gasteiger partial charge in [0.1, 0.15) is 18.0 Å². The van der Waals surface area contributed by atoms with E-state index < -0.39 is 0 Å². The Morgan fingerprint density at radius 2 is 2.06 bits per heavy atom. The zero-order valence-corrected chi connectivity index (χ0v) is 10.2. The standard InChI is InChI=1S/C11H16N6/c1-8-9(6-16-17(8)3)5-13-11-4-10(12-2)14-7-15-11/h4,6-7H,5H2,1-3H3,(H2,12,13,14,15). The van der Waals surface area contributed by atoms with E-state index in [2.05, 4.69) is 25.7 Å². The third-order valence-electron chi connectivity index (χ3n) is 2.72. The first kappa shape index (κ1) is 11.4. The van der Waals surface area contributed by atoms with Crippen molar-refractivity contribution in [2.45, 2.75) is 13.5 Å². The Kier molecular flexibility index (Phi) is 3.22. The number of rotatable bonds is 4. The summed E-state index contributed by atoms with van der Waals surface area (Å²) in [5.41, 5.74) is 2.32. The molecule has 0 atom stereocenters. The molecule has 0 saturated heterocycles. The van der Waals surface area contributed by atoms with Gasteiger partial charge in [-0.2, -0.15) is 5.10 Å². The minimum absolute atomic E-state index is 0.708. The van der Waals surface area contributed by atoms with Crippen LogP contribution in [0.25, 0.3) is 0 Å². The van der Waals surface area contributed by atoms with Crippen LogP contribution in [0, 0.1) is 6.92 Å². The molecule has 6 nitrogen and oxygen atoms in total. The molecule has 0 aliphatic rings. The zero-order chi connectivity index (χ0) is 12.3. The predicted octanol–water partition coefficient (Wildman–Crippen LogP) is 1.17. The van der Waals surface area contributed by atoms with Crippen LogP contribution < -0.4 is 10.6 Å². The fourth-order valence-corrected chi connectivity index (χ4v) is 1.49. The van der Waals surface area contributed by atoms with Gasteiger partial charge in [0, 0.05) is 38.0 Å². The van der Waals surface area contributed by atoms with Crippen molar-refractivity contribution in [3.05, 3.63) is 29.8 Å². The van der Waals surface area contributed by atoms with Crippen molar-refractivity contribution in [2.75, 3.05) is 17.7 Å². The lowest BCUT2D eigenvalue weighted by Crippen LogP contribution is -2.04. The molecule has 0 amide bonds. The summed E-state index contributed by atoms with van der Waals surface area (Å²) in [7, 11) is 3.76. The normalized spacial score (nSPS) is 10.3. The monoisotopic (exact) mass is 232 g/mol. The Hall–Kier alpha value is -2.11. The Bertz CT molecular complexity index is 504. The molecule has 2 rings (SSSR count). The molecule has 0 aliphatic heterocycles. The molecular formula is C11H16N6. The van der Waals surface area contributed by atoms with Gasteiger partial charge in [0.25, 0.3) is 0 Å². The number of aryl methyl sites for hydroxylation is 1. The number of anilines is 2. The van der Waals surface area contributed by atoms with Crippen LogP contribution in [-0.2, 0) is 13.6 Å². The molecule has 0 aromatic carbocycles. The summed E-state index contributed by atoms with van der Waals surface area (Å²) in [4.78, 5) is 8.21. The lowest BCUT2D eigenvalue weighted by Gasteiger charge is -2.06. The van der Waals surface area contributed by atoms with Gasteiger partial charge in [-0.15, -0.1) is 0 Å². The van der Waals surface area contributed by atoms with Gasteiger partial charge >= 0.3 is 0 Å². The Morgan fingerprint density at radius 3 is 2.71 bits per heavy atom. The quantitative estimate of drug-likeness (QED) is 0.828. The van der Waals surface area contributed by atoms with E-state index in [0.29, 0.717) is 6.54 Å². The van der Waals surface area contributed by atoms with E-state index in [9.17, 15) is 0 Å². The van der Waals surface area contributed by atoms with Crippen LogP contribution in [0.5, 0.6) is 0 Å². The number of nitrogens with one attached hydrogen (secondary N) is 2. The molecule has 2 aromatic heterocycles. The highest BCUT2D eigenvalue weighted by Gasteiger charge is 2.03. The van der Waals surface area contributed by atoms with Crippen LogP contribution in [0.15, 0.2) is 18.6 Å². The van der Waals surface area contributed by atoms with Crippen molar-refractivity contribution >= 4 is 11.6 Å². The second-order valence-electron chi connectivity index (χ2n) is 3.77. The maximum absolute atomic E-state index is 4.19. The molecule has 2 aromatic rings. The number of nitrogens with zero attached hydrogens (tertiary/aromatic N) is 4. The van der Waals surface area contributed by atoms with Crippen LogP contribution in [0.1, 0.15) is 11.3 Å². The smallest absolute Gasteiger partial charge is 0.131 e. The van der Waals surface area contributed by atoms with Gasteiger partial charge in [0.05, 0.1) is 6.20 Å². The summed E-state index contributed by atoms with van der Waals surface area (Å²) in [6.45, 7) is 2.75. The average molecular weight is 232 g/mol. The lowest BCUT2D eigenvalue weighted by molar-refractivity contribution is 0.738. The van der Waals surface area contributed by atoms with E-state index in [-0.39, 0.29) is 0 Å². The van der Waals surface area contributed by atoms with E-state index in [1.807, 2.05) is 38.0 Å². The first-order valence-corrected chi connectivity index (χ1v) is 5.42. The summed E-state index contributed by atoms with van der Waals surface area (Å²) in [5, 5.41) is 10.4. The van der Waals surface area contributed by atoms with Gasteiger partial charge in [-0.3, -0.25) is 4.68 Å². The third kappa shape index (κ3) is 2.52. The molecule has 0 radical (unpaired) electrons. The van der Waals surface area contributed by atoms with Crippen LogP contribution in [0.3, 0.4) is 0 Å². The third-order valence-corrected chi connectivity index (χ3v) is 2.72. The highest BCUT2D eigenvalue weighted by atomic mass is 15.3. The van der Waals surface area contributed by atoms with E-state index in [0.717, 1.165) is 22.9 Å². The molecular weight excluding hydrogens is 216 g/mol. The molecule has 6 heteroatoms. The largest absolute Gasteiger partial charge is 0.373 e. The number of hydrogen-bond donors (Lipinski definition) is 2. The maximum atomic E-state index is 4.19. The minimum atomic E-state index is 0.708. The SMILES string of the molecule is CNc1cc(NCc2cnn(C)c2C)ncn1. The summed E-state index contributed by atoms with van der Waals surface area (Å²) in [5.74, 6) is 1.60. The van der Waals surface area contributed by atoms with Crippen molar-refractivity contribution in [2.24, 2.45) is 7.05 Å². The molecule has 0 bridgehead atoms. The van der Waals surface area contributed by atoms with Gasteiger partial charge in [0.2, 0.25) is 0 Å². The Labute approximate surface area is 100 Å². The predicted molar refractivity (Wildman–Crippen MR) is 66.9 cm³/mol. The van der Waals surface area contributed by atoms with Crippen LogP contribution in [-0.4, -0.2) is 26.8 Å². The zero-order valence-electron chi connectivity index (χ0n) is 10.2. The van der Waals surface area contributed by atoms with Crippen molar-refractivity contribution in [3.63, 3.8) is 0 Å². The second kappa shape index (κ2) is 4.82. The molecule has 90 valence electrons. The maximum Gasteiger partial charge on any atom is 0.131 e. The number of hydrogen-bond acceptors (Lipinski definition) is 5. The van der Waals surface area contributed by atoms with E-state index in [1.165, 1.54) is 6.33 Å². The van der Waals surface area contributed by atoms with Crippen LogP contribution in [0.2, 0.25) is 0 Å². The highest BCUT2D eigenvalue weighted by Crippen LogP contribution is 2.11. The average Bonchev–Trinajstić information content (AvgIpc) is 2.68. The summed E-state index contributed by atoms with van der Waals surface area (Å²) in [6.07, 6.45) is 3.40. The van der Waals surface area contributed by atoms with E-state index >= 15 is 0 Å². The van der Waals surface area contributed by atoms with Gasteiger partial charge in [-0.05, 0) is 6.92 Å². The molecule has 2 heterocycles. The van der Waals surface area contributed by atoms with E-state index in [4.69, 9.17) is 0 Å². The van der Waals surface area contributed by atoms with Crippen molar-refractivity contribution in [1.29, 1.82) is 0 Å². The molecule has 17 heavy (non-hydrogen) atoms.